The second kappa shape index (κ2) is 7.61. The second-order valence-electron chi connectivity index (χ2n) is 2.51. The molecular weight excluding hydrogens is 248 g/mol. The molecule has 0 radical (unpaired) electrons. The lowest BCUT2D eigenvalue weighted by Gasteiger charge is -2.01. The number of carbonyl (C=O) groups is 1. The van der Waals surface area contributed by atoms with Gasteiger partial charge in [-0.2, -0.15) is 5.06 Å². The number of rotatable bonds is 2. The Morgan fingerprint density at radius 1 is 1.57 bits per heavy atom. The van der Waals surface area contributed by atoms with Crippen molar-refractivity contribution in [2.45, 2.75) is 0 Å². The molecular formula is C9H13BrN2O2. The summed E-state index contributed by atoms with van der Waals surface area (Å²) < 4.78 is 0.875. The average Bonchev–Trinajstić information content (AvgIpc) is 2.18. The summed E-state index contributed by atoms with van der Waals surface area (Å²) >= 11 is 3.20. The maximum absolute atomic E-state index is 10.1. The number of halogens is 1. The van der Waals surface area contributed by atoms with Crippen molar-refractivity contribution in [3.63, 3.8) is 0 Å². The van der Waals surface area contributed by atoms with Gasteiger partial charge in [0.25, 0.3) is 0 Å². The molecule has 0 aliphatic rings. The summed E-state index contributed by atoms with van der Waals surface area (Å²) in [5, 5.41) is 1.62. The largest absolute Gasteiger partial charge is 0.303 e. The number of carbonyl (C=O) groups excluding carboxylic acids is 1. The minimum absolute atomic E-state index is 0.448. The van der Waals surface area contributed by atoms with Crippen molar-refractivity contribution >= 4 is 22.2 Å². The molecule has 0 aliphatic carbocycles. The molecule has 1 aromatic rings. The molecule has 0 unspecified atom stereocenters. The summed E-state index contributed by atoms with van der Waals surface area (Å²) in [7, 11) is 5.29. The van der Waals surface area contributed by atoms with Crippen LogP contribution in [0.2, 0.25) is 0 Å². The third-order valence-electron chi connectivity index (χ3n) is 1.23. The summed E-state index contributed by atoms with van der Waals surface area (Å²) in [5.41, 5.74) is 0.448. The molecule has 0 aliphatic heterocycles. The smallest absolute Gasteiger partial charge is 0.168 e. The van der Waals surface area contributed by atoms with Crippen LogP contribution in [0.4, 0.5) is 0 Å². The van der Waals surface area contributed by atoms with Crippen LogP contribution >= 0.6 is 15.9 Å². The Morgan fingerprint density at radius 2 is 2.14 bits per heavy atom. The first-order valence-corrected chi connectivity index (χ1v) is 4.67. The minimum Gasteiger partial charge on any atom is -0.303 e. The zero-order chi connectivity index (χ0) is 11.0. The average molecular weight is 261 g/mol. The summed E-state index contributed by atoms with van der Waals surface area (Å²) in [6.45, 7) is 0. The van der Waals surface area contributed by atoms with Crippen LogP contribution in [0.5, 0.6) is 0 Å². The first kappa shape index (κ1) is 13.2. The van der Waals surface area contributed by atoms with E-state index in [1.54, 1.807) is 30.5 Å². The molecule has 78 valence electrons. The van der Waals surface area contributed by atoms with Gasteiger partial charge in [0.05, 0.1) is 7.11 Å². The molecule has 0 saturated heterocycles. The first-order valence-electron chi connectivity index (χ1n) is 3.88. The van der Waals surface area contributed by atoms with Crippen molar-refractivity contribution in [2.75, 3.05) is 21.2 Å². The maximum Gasteiger partial charge on any atom is 0.168 e. The van der Waals surface area contributed by atoms with Crippen LogP contribution in [0.3, 0.4) is 0 Å². The van der Waals surface area contributed by atoms with Crippen molar-refractivity contribution in [1.29, 1.82) is 0 Å². The van der Waals surface area contributed by atoms with Gasteiger partial charge in [0.1, 0.15) is 5.69 Å². The summed E-state index contributed by atoms with van der Waals surface area (Å²) in [6, 6.07) is 3.43. The quantitative estimate of drug-likeness (QED) is 0.601. The molecule has 1 heterocycles. The van der Waals surface area contributed by atoms with Gasteiger partial charge >= 0.3 is 0 Å². The Kier molecular flexibility index (Phi) is 7.18. The van der Waals surface area contributed by atoms with Gasteiger partial charge in [0.15, 0.2) is 6.29 Å². The molecule has 0 bridgehead atoms. The Morgan fingerprint density at radius 3 is 2.43 bits per heavy atom. The molecule has 0 saturated carbocycles. The van der Waals surface area contributed by atoms with Crippen molar-refractivity contribution in [2.24, 2.45) is 0 Å². The lowest BCUT2D eigenvalue weighted by molar-refractivity contribution is -0.0855. The van der Waals surface area contributed by atoms with Gasteiger partial charge < -0.3 is 4.84 Å². The van der Waals surface area contributed by atoms with Crippen LogP contribution in [0.1, 0.15) is 10.5 Å². The van der Waals surface area contributed by atoms with Gasteiger partial charge in [-0.15, -0.1) is 0 Å². The van der Waals surface area contributed by atoms with Crippen LogP contribution in [0.15, 0.2) is 22.8 Å². The SMILES string of the molecule is CON(C)C.O=Cc1cc(Br)ccn1. The van der Waals surface area contributed by atoms with Crippen LogP contribution in [0.25, 0.3) is 0 Å². The molecule has 0 spiro atoms. The van der Waals surface area contributed by atoms with E-state index in [9.17, 15) is 4.79 Å². The number of hydrogen-bond acceptors (Lipinski definition) is 4. The predicted molar refractivity (Wildman–Crippen MR) is 58.0 cm³/mol. The second-order valence-corrected chi connectivity index (χ2v) is 3.43. The van der Waals surface area contributed by atoms with Crippen molar-refractivity contribution in [3.8, 4) is 0 Å². The number of pyridine rings is 1. The summed E-state index contributed by atoms with van der Waals surface area (Å²) in [6.07, 6.45) is 2.29. The van der Waals surface area contributed by atoms with E-state index in [4.69, 9.17) is 0 Å². The Balaban J connectivity index is 0.000000292. The lowest BCUT2D eigenvalue weighted by atomic mass is 10.4. The van der Waals surface area contributed by atoms with Crippen molar-refractivity contribution in [1.82, 2.24) is 10.0 Å². The van der Waals surface area contributed by atoms with Crippen LogP contribution in [-0.4, -0.2) is 37.5 Å². The first-order chi connectivity index (χ1) is 6.60. The van der Waals surface area contributed by atoms with Gasteiger partial charge in [0, 0.05) is 24.8 Å². The molecule has 4 nitrogen and oxygen atoms in total. The van der Waals surface area contributed by atoms with E-state index in [-0.39, 0.29) is 0 Å². The molecule has 0 fully saturated rings. The van der Waals surface area contributed by atoms with Crippen molar-refractivity contribution in [3.05, 3.63) is 28.5 Å². The standard InChI is InChI=1S/C6H4BrNO.C3H9NO/c7-5-1-2-8-6(3-5)4-9;1-4(2)5-3/h1-4H;1-3H3. The zero-order valence-corrected chi connectivity index (χ0v) is 9.98. The van der Waals surface area contributed by atoms with Gasteiger partial charge in [-0.05, 0) is 12.1 Å². The van der Waals surface area contributed by atoms with Gasteiger partial charge in [-0.3, -0.25) is 9.78 Å². The highest BCUT2D eigenvalue weighted by Crippen LogP contribution is 2.06. The highest BCUT2D eigenvalue weighted by Gasteiger charge is 1.89. The van der Waals surface area contributed by atoms with E-state index < -0.39 is 0 Å². The number of aromatic nitrogens is 1. The molecule has 0 N–H and O–H groups in total. The van der Waals surface area contributed by atoms with Gasteiger partial charge in [-0.25, -0.2) is 0 Å². The van der Waals surface area contributed by atoms with E-state index in [1.165, 1.54) is 0 Å². The Labute approximate surface area is 92.0 Å². The molecule has 1 rings (SSSR count). The van der Waals surface area contributed by atoms with E-state index in [0.717, 1.165) is 4.47 Å². The Bertz CT molecular complexity index is 279. The third-order valence-corrected chi connectivity index (χ3v) is 1.72. The fourth-order valence-electron chi connectivity index (χ4n) is 0.486. The monoisotopic (exact) mass is 260 g/mol. The number of nitrogens with zero attached hydrogens (tertiary/aromatic N) is 2. The van der Waals surface area contributed by atoms with Gasteiger partial charge in [-0.1, -0.05) is 15.9 Å². The normalized spacial score (nSPS) is 9.21. The third kappa shape index (κ3) is 6.71. The number of hydroxylamine groups is 2. The lowest BCUT2D eigenvalue weighted by Crippen LogP contribution is -2.07. The van der Waals surface area contributed by atoms with Crippen molar-refractivity contribution < 1.29 is 9.63 Å². The van der Waals surface area contributed by atoms with E-state index >= 15 is 0 Å². The molecule has 0 aromatic carbocycles. The molecule has 14 heavy (non-hydrogen) atoms. The summed E-state index contributed by atoms with van der Waals surface area (Å²) in [5.74, 6) is 0. The maximum atomic E-state index is 10.1. The molecule has 5 heteroatoms. The highest BCUT2D eigenvalue weighted by atomic mass is 79.9. The molecule has 0 atom stereocenters. The van der Waals surface area contributed by atoms with Crippen LogP contribution < -0.4 is 0 Å². The number of aldehydes is 1. The van der Waals surface area contributed by atoms with E-state index in [2.05, 4.69) is 25.8 Å². The molecule has 1 aromatic heterocycles. The van der Waals surface area contributed by atoms with Crippen LogP contribution in [0, 0.1) is 0 Å². The van der Waals surface area contributed by atoms with E-state index in [0.29, 0.717) is 12.0 Å². The zero-order valence-electron chi connectivity index (χ0n) is 8.40. The van der Waals surface area contributed by atoms with Gasteiger partial charge in [0.2, 0.25) is 0 Å². The highest BCUT2D eigenvalue weighted by molar-refractivity contribution is 9.10. The van der Waals surface area contributed by atoms with E-state index in [1.807, 2.05) is 14.1 Å². The fourth-order valence-corrected chi connectivity index (χ4v) is 0.838. The number of hydrogen-bond donors (Lipinski definition) is 0. The molecule has 0 amide bonds. The fraction of sp³-hybridized carbons (Fsp3) is 0.333. The van der Waals surface area contributed by atoms with Crippen LogP contribution in [-0.2, 0) is 4.84 Å². The minimum atomic E-state index is 0.448. The summed E-state index contributed by atoms with van der Waals surface area (Å²) in [4.78, 5) is 18.4. The Hall–Kier alpha value is -0.780. The predicted octanol–water partition coefficient (Wildman–Crippen LogP) is 1.77. The topological polar surface area (TPSA) is 42.4 Å².